The van der Waals surface area contributed by atoms with Crippen LogP contribution in [0.5, 0.6) is 0 Å². The van der Waals surface area contributed by atoms with E-state index in [-0.39, 0.29) is 35.6 Å². The number of benzene rings is 1. The molecule has 0 bridgehead atoms. The van der Waals surface area contributed by atoms with E-state index in [1.807, 2.05) is 0 Å². The zero-order chi connectivity index (χ0) is 18.7. The highest BCUT2D eigenvalue weighted by Gasteiger charge is 2.36. The van der Waals surface area contributed by atoms with E-state index in [9.17, 15) is 22.4 Å². The molecule has 3 N–H and O–H groups in total. The van der Waals surface area contributed by atoms with Gasteiger partial charge >= 0.3 is 6.18 Å². The van der Waals surface area contributed by atoms with Gasteiger partial charge in [0.2, 0.25) is 5.82 Å². The van der Waals surface area contributed by atoms with Crippen molar-refractivity contribution in [3.8, 4) is 0 Å². The van der Waals surface area contributed by atoms with E-state index in [4.69, 9.17) is 0 Å². The van der Waals surface area contributed by atoms with Gasteiger partial charge in [0, 0.05) is 13.1 Å². The van der Waals surface area contributed by atoms with Crippen molar-refractivity contribution >= 4 is 22.9 Å². The first-order chi connectivity index (χ1) is 12.4. The molecule has 1 aromatic carbocycles. The van der Waals surface area contributed by atoms with Gasteiger partial charge in [0.05, 0.1) is 11.9 Å². The van der Waals surface area contributed by atoms with E-state index >= 15 is 0 Å². The average Bonchev–Trinajstić information content (AvgIpc) is 3.06. The second-order valence-electron chi connectivity index (χ2n) is 5.16. The Kier molecular flexibility index (Phi) is 4.69. The van der Waals surface area contributed by atoms with Crippen LogP contribution in [0.1, 0.15) is 16.2 Å². The monoisotopic (exact) mass is 368 g/mol. The van der Waals surface area contributed by atoms with Crippen LogP contribution < -0.4 is 10.6 Å². The van der Waals surface area contributed by atoms with Crippen LogP contribution in [0.4, 0.5) is 23.4 Å². The summed E-state index contributed by atoms with van der Waals surface area (Å²) >= 11 is 0. The number of rotatable bonds is 5. The number of imidazole rings is 1. The van der Waals surface area contributed by atoms with Gasteiger partial charge in [-0.3, -0.25) is 4.79 Å². The number of amides is 1. The van der Waals surface area contributed by atoms with Crippen molar-refractivity contribution < 1.29 is 22.4 Å². The number of hydrogen-bond acceptors (Lipinski definition) is 5. The molecule has 0 atom stereocenters. The number of aromatic nitrogens is 4. The molecule has 11 heteroatoms. The fourth-order valence-electron chi connectivity index (χ4n) is 2.19. The highest BCUT2D eigenvalue weighted by Crippen LogP contribution is 2.29. The van der Waals surface area contributed by atoms with E-state index in [2.05, 4.69) is 30.6 Å². The summed E-state index contributed by atoms with van der Waals surface area (Å²) in [5, 5.41) is 5.14. The molecule has 0 spiro atoms. The first-order valence-corrected chi connectivity index (χ1v) is 7.41. The topological polar surface area (TPSA) is 95.6 Å². The van der Waals surface area contributed by atoms with E-state index < -0.39 is 23.7 Å². The lowest BCUT2D eigenvalue weighted by Gasteiger charge is -2.10. The number of nitrogens with zero attached hydrogens (tertiary/aromatic N) is 3. The molecule has 136 valence electrons. The molecule has 26 heavy (non-hydrogen) atoms. The minimum absolute atomic E-state index is 0.0359. The van der Waals surface area contributed by atoms with Crippen LogP contribution in [0.25, 0.3) is 11.2 Å². The summed E-state index contributed by atoms with van der Waals surface area (Å²) in [5.41, 5.74) is -0.0477. The molecule has 0 fully saturated rings. The number of H-pyrrole nitrogens is 1. The summed E-state index contributed by atoms with van der Waals surface area (Å²) in [6.45, 7) is 0.0940. The lowest BCUT2D eigenvalue weighted by Crippen LogP contribution is -2.29. The molecule has 2 heterocycles. The highest BCUT2D eigenvalue weighted by molar-refractivity contribution is 5.94. The summed E-state index contributed by atoms with van der Waals surface area (Å²) in [7, 11) is 0. The predicted octanol–water partition coefficient (Wildman–Crippen LogP) is 2.35. The van der Waals surface area contributed by atoms with Gasteiger partial charge < -0.3 is 15.6 Å². The number of aromatic amines is 1. The van der Waals surface area contributed by atoms with Gasteiger partial charge in [-0.05, 0) is 12.1 Å². The molecular formula is C15H12F4N6O. The Morgan fingerprint density at radius 3 is 2.65 bits per heavy atom. The smallest absolute Gasteiger partial charge is 0.366 e. The number of halogens is 4. The van der Waals surface area contributed by atoms with Crippen LogP contribution in [0.3, 0.4) is 0 Å². The van der Waals surface area contributed by atoms with Gasteiger partial charge in [-0.15, -0.1) is 0 Å². The SMILES string of the molecule is O=C(NCCNc1nc(C(F)(F)F)nc2nc[nH]c12)c1ccccc1F. The van der Waals surface area contributed by atoms with Crippen molar-refractivity contribution in [3.63, 3.8) is 0 Å². The first kappa shape index (κ1) is 17.6. The van der Waals surface area contributed by atoms with Crippen LogP contribution in [0.2, 0.25) is 0 Å². The van der Waals surface area contributed by atoms with Crippen LogP contribution in [0, 0.1) is 5.82 Å². The largest absolute Gasteiger partial charge is 0.451 e. The van der Waals surface area contributed by atoms with Crippen molar-refractivity contribution in [3.05, 3.63) is 47.8 Å². The van der Waals surface area contributed by atoms with Crippen molar-refractivity contribution in [1.82, 2.24) is 25.3 Å². The van der Waals surface area contributed by atoms with E-state index in [0.717, 1.165) is 6.07 Å². The van der Waals surface area contributed by atoms with E-state index in [1.165, 1.54) is 24.5 Å². The van der Waals surface area contributed by atoms with E-state index in [1.54, 1.807) is 0 Å². The molecule has 0 saturated carbocycles. The fourth-order valence-corrected chi connectivity index (χ4v) is 2.19. The standard InChI is InChI=1S/C15H12F4N6O/c16-9-4-2-1-3-8(9)13(26)21-6-5-20-11-10-12(23-7-22-10)25-14(24-11)15(17,18)19/h1-4,7H,5-6H2,(H,21,26)(H2,20,22,23,24,25). The normalized spacial score (nSPS) is 11.5. The molecular weight excluding hydrogens is 356 g/mol. The van der Waals surface area contributed by atoms with Crippen LogP contribution in [-0.4, -0.2) is 38.9 Å². The molecule has 0 aliphatic rings. The number of fused-ring (bicyclic) bond motifs is 1. The number of nitrogens with one attached hydrogen (secondary N) is 3. The van der Waals surface area contributed by atoms with Gasteiger partial charge in [0.15, 0.2) is 11.5 Å². The number of anilines is 1. The van der Waals surface area contributed by atoms with Crippen molar-refractivity contribution in [1.29, 1.82) is 0 Å². The Balaban J connectivity index is 1.66. The van der Waals surface area contributed by atoms with Crippen LogP contribution in [0.15, 0.2) is 30.6 Å². The minimum Gasteiger partial charge on any atom is -0.366 e. The number of carbonyl (C=O) groups is 1. The van der Waals surface area contributed by atoms with Crippen molar-refractivity contribution in [2.24, 2.45) is 0 Å². The van der Waals surface area contributed by atoms with Crippen molar-refractivity contribution in [2.45, 2.75) is 6.18 Å². The Labute approximate surface area is 143 Å². The lowest BCUT2D eigenvalue weighted by atomic mass is 10.2. The van der Waals surface area contributed by atoms with Gasteiger partial charge in [-0.2, -0.15) is 13.2 Å². The zero-order valence-corrected chi connectivity index (χ0v) is 13.1. The predicted molar refractivity (Wildman–Crippen MR) is 83.9 cm³/mol. The Morgan fingerprint density at radius 2 is 1.92 bits per heavy atom. The zero-order valence-electron chi connectivity index (χ0n) is 13.1. The van der Waals surface area contributed by atoms with Gasteiger partial charge in [0.25, 0.3) is 5.91 Å². The molecule has 3 rings (SSSR count). The lowest BCUT2D eigenvalue weighted by molar-refractivity contribution is -0.144. The Hall–Kier alpha value is -3.24. The van der Waals surface area contributed by atoms with Gasteiger partial charge in [-0.1, -0.05) is 12.1 Å². The number of hydrogen-bond donors (Lipinski definition) is 3. The van der Waals surface area contributed by atoms with Crippen LogP contribution in [-0.2, 0) is 6.18 Å². The summed E-state index contributed by atoms with van der Waals surface area (Å²) in [4.78, 5) is 25.0. The van der Waals surface area contributed by atoms with E-state index in [0.29, 0.717) is 0 Å². The third-order valence-corrected chi connectivity index (χ3v) is 3.36. The molecule has 1 amide bonds. The summed E-state index contributed by atoms with van der Waals surface area (Å²) in [5.74, 6) is -2.71. The molecule has 0 unspecified atom stereocenters. The van der Waals surface area contributed by atoms with Gasteiger partial charge in [0.1, 0.15) is 11.3 Å². The fraction of sp³-hybridized carbons (Fsp3) is 0.200. The van der Waals surface area contributed by atoms with Gasteiger partial charge in [-0.25, -0.2) is 19.3 Å². The second kappa shape index (κ2) is 6.94. The number of alkyl halides is 3. The quantitative estimate of drug-likeness (QED) is 0.475. The Bertz CT molecular complexity index is 939. The second-order valence-corrected chi connectivity index (χ2v) is 5.16. The maximum atomic E-state index is 13.5. The first-order valence-electron chi connectivity index (χ1n) is 7.41. The summed E-state index contributed by atoms with van der Waals surface area (Å²) < 4.78 is 52.0. The molecule has 7 nitrogen and oxygen atoms in total. The molecule has 0 saturated heterocycles. The molecule has 3 aromatic rings. The minimum atomic E-state index is -4.72. The third-order valence-electron chi connectivity index (χ3n) is 3.36. The maximum Gasteiger partial charge on any atom is 0.451 e. The Morgan fingerprint density at radius 1 is 1.15 bits per heavy atom. The van der Waals surface area contributed by atoms with Crippen LogP contribution >= 0.6 is 0 Å². The highest BCUT2D eigenvalue weighted by atomic mass is 19.4. The summed E-state index contributed by atoms with van der Waals surface area (Å²) in [6.07, 6.45) is -3.52. The van der Waals surface area contributed by atoms with Crippen molar-refractivity contribution in [2.75, 3.05) is 18.4 Å². The maximum absolute atomic E-state index is 13.5. The third kappa shape index (κ3) is 3.71. The molecule has 0 radical (unpaired) electrons. The molecule has 0 aliphatic heterocycles. The average molecular weight is 368 g/mol. The number of carbonyl (C=O) groups excluding carboxylic acids is 1. The summed E-state index contributed by atoms with van der Waals surface area (Å²) in [6, 6.07) is 5.45. The molecule has 2 aromatic heterocycles. The molecule has 0 aliphatic carbocycles.